The van der Waals surface area contributed by atoms with E-state index in [0.717, 1.165) is 31.6 Å². The first-order valence-corrected chi connectivity index (χ1v) is 6.01. The van der Waals surface area contributed by atoms with Crippen molar-refractivity contribution in [3.8, 4) is 0 Å². The molecule has 0 atom stereocenters. The van der Waals surface area contributed by atoms with Crippen LogP contribution in [-0.4, -0.2) is 30.5 Å². The molecule has 0 rings (SSSR count). The van der Waals surface area contributed by atoms with Crippen molar-refractivity contribution in [2.45, 2.75) is 26.2 Å². The molecule has 0 heterocycles. The van der Waals surface area contributed by atoms with Crippen molar-refractivity contribution >= 4 is 30.1 Å². The first-order chi connectivity index (χ1) is 6.31. The van der Waals surface area contributed by atoms with Gasteiger partial charge in [0, 0.05) is 6.54 Å². The number of halogens is 1. The highest BCUT2D eigenvalue weighted by Gasteiger charge is 1.98. The number of thioether (sulfide) groups is 1. The zero-order valence-electron chi connectivity index (χ0n) is 8.75. The highest BCUT2D eigenvalue weighted by atomic mass is 35.5. The Labute approximate surface area is 97.0 Å². The molecule has 0 fully saturated rings. The van der Waals surface area contributed by atoms with E-state index in [2.05, 4.69) is 12.2 Å². The Morgan fingerprint density at radius 2 is 2.14 bits per heavy atom. The van der Waals surface area contributed by atoms with Crippen molar-refractivity contribution in [3.05, 3.63) is 0 Å². The molecule has 0 unspecified atom stereocenters. The number of unbranched alkanes of at least 4 members (excludes halogenated alkanes) is 1. The minimum Gasteiger partial charge on any atom is -0.355 e. The van der Waals surface area contributed by atoms with Crippen LogP contribution in [0.3, 0.4) is 0 Å². The maximum absolute atomic E-state index is 11.1. The van der Waals surface area contributed by atoms with Gasteiger partial charge in [0.25, 0.3) is 0 Å². The Kier molecular flexibility index (Phi) is 15.4. The molecule has 0 aromatic heterocycles. The summed E-state index contributed by atoms with van der Waals surface area (Å²) in [7, 11) is 0. The fraction of sp³-hybridized carbons (Fsp3) is 0.889. The Bertz CT molecular complexity index is 136. The molecular weight excluding hydrogens is 220 g/mol. The minimum absolute atomic E-state index is 0. The number of nitrogens with one attached hydrogen (secondary N) is 1. The summed E-state index contributed by atoms with van der Waals surface area (Å²) < 4.78 is 0. The fourth-order valence-electron chi connectivity index (χ4n) is 0.857. The monoisotopic (exact) mass is 240 g/mol. The van der Waals surface area contributed by atoms with E-state index in [1.165, 1.54) is 0 Å². The van der Waals surface area contributed by atoms with E-state index in [4.69, 9.17) is 5.73 Å². The molecule has 0 saturated carbocycles. The molecule has 0 bridgehead atoms. The van der Waals surface area contributed by atoms with E-state index in [9.17, 15) is 4.79 Å². The molecule has 3 nitrogen and oxygen atoms in total. The molecule has 1 amide bonds. The van der Waals surface area contributed by atoms with Gasteiger partial charge in [0.15, 0.2) is 0 Å². The lowest BCUT2D eigenvalue weighted by Gasteiger charge is -2.03. The molecule has 14 heavy (non-hydrogen) atoms. The zero-order chi connectivity index (χ0) is 9.94. The molecule has 0 saturated heterocycles. The molecule has 3 N–H and O–H groups in total. The van der Waals surface area contributed by atoms with Crippen molar-refractivity contribution < 1.29 is 4.79 Å². The van der Waals surface area contributed by atoms with Crippen molar-refractivity contribution in [1.82, 2.24) is 5.32 Å². The van der Waals surface area contributed by atoms with Gasteiger partial charge in [-0.05, 0) is 31.6 Å². The van der Waals surface area contributed by atoms with Crippen LogP contribution in [0, 0.1) is 0 Å². The number of hydrogen-bond donors (Lipinski definition) is 2. The van der Waals surface area contributed by atoms with Gasteiger partial charge in [0.05, 0.1) is 5.75 Å². The molecule has 86 valence electrons. The molecule has 0 radical (unpaired) electrons. The van der Waals surface area contributed by atoms with Crippen molar-refractivity contribution in [3.63, 3.8) is 0 Å². The Hall–Kier alpha value is 0.0700. The largest absolute Gasteiger partial charge is 0.355 e. The summed E-state index contributed by atoms with van der Waals surface area (Å²) in [6.45, 7) is 3.59. The second kappa shape index (κ2) is 13.1. The smallest absolute Gasteiger partial charge is 0.229 e. The van der Waals surface area contributed by atoms with Gasteiger partial charge in [0.1, 0.15) is 0 Å². The minimum atomic E-state index is 0. The molecule has 0 spiro atoms. The van der Waals surface area contributed by atoms with Gasteiger partial charge in [-0.1, -0.05) is 6.92 Å². The van der Waals surface area contributed by atoms with Gasteiger partial charge in [-0.3, -0.25) is 4.79 Å². The Balaban J connectivity index is 0. The Morgan fingerprint density at radius 1 is 1.43 bits per heavy atom. The maximum atomic E-state index is 11.1. The van der Waals surface area contributed by atoms with Crippen LogP contribution in [0.15, 0.2) is 0 Å². The summed E-state index contributed by atoms with van der Waals surface area (Å²) in [5.41, 5.74) is 5.33. The first-order valence-electron chi connectivity index (χ1n) is 4.85. The third-order valence-corrected chi connectivity index (χ3v) is 2.70. The molecule has 0 aliphatic rings. The topological polar surface area (TPSA) is 55.1 Å². The molecular formula is C9H21ClN2OS. The van der Waals surface area contributed by atoms with Gasteiger partial charge in [-0.25, -0.2) is 0 Å². The summed E-state index contributed by atoms with van der Waals surface area (Å²) in [4.78, 5) is 11.1. The van der Waals surface area contributed by atoms with Crippen LogP contribution in [0.25, 0.3) is 0 Å². The lowest BCUT2D eigenvalue weighted by atomic mass is 10.3. The summed E-state index contributed by atoms with van der Waals surface area (Å²) in [5.74, 6) is 1.81. The SMILES string of the molecule is CCCSCC(=O)NCCCCN.Cl. The highest BCUT2D eigenvalue weighted by molar-refractivity contribution is 7.99. The molecule has 0 aromatic rings. The van der Waals surface area contributed by atoms with Gasteiger partial charge >= 0.3 is 0 Å². The van der Waals surface area contributed by atoms with Crippen LogP contribution in [0.1, 0.15) is 26.2 Å². The molecule has 0 aliphatic heterocycles. The summed E-state index contributed by atoms with van der Waals surface area (Å²) in [6, 6.07) is 0. The second-order valence-electron chi connectivity index (χ2n) is 2.90. The molecule has 5 heteroatoms. The van der Waals surface area contributed by atoms with Crippen molar-refractivity contribution in [2.24, 2.45) is 5.73 Å². The van der Waals surface area contributed by atoms with E-state index in [-0.39, 0.29) is 18.3 Å². The fourth-order valence-corrected chi connectivity index (χ4v) is 1.58. The summed E-state index contributed by atoms with van der Waals surface area (Å²) >= 11 is 1.69. The highest BCUT2D eigenvalue weighted by Crippen LogP contribution is 2.00. The molecule has 0 aromatic carbocycles. The lowest BCUT2D eigenvalue weighted by molar-refractivity contribution is -0.118. The van der Waals surface area contributed by atoms with Crippen LogP contribution < -0.4 is 11.1 Å². The third-order valence-electron chi connectivity index (χ3n) is 1.53. The average Bonchev–Trinajstić information content (AvgIpc) is 2.13. The number of carbonyl (C=O) groups excluding carboxylic acids is 1. The van der Waals surface area contributed by atoms with E-state index in [1.807, 2.05) is 0 Å². The number of nitrogens with two attached hydrogens (primary N) is 1. The van der Waals surface area contributed by atoms with E-state index < -0.39 is 0 Å². The van der Waals surface area contributed by atoms with Crippen molar-refractivity contribution in [2.75, 3.05) is 24.6 Å². The van der Waals surface area contributed by atoms with Crippen LogP contribution >= 0.6 is 24.2 Å². The lowest BCUT2D eigenvalue weighted by Crippen LogP contribution is -2.26. The van der Waals surface area contributed by atoms with E-state index in [1.54, 1.807) is 11.8 Å². The van der Waals surface area contributed by atoms with E-state index >= 15 is 0 Å². The number of hydrogen-bond acceptors (Lipinski definition) is 3. The quantitative estimate of drug-likeness (QED) is 0.631. The van der Waals surface area contributed by atoms with Gasteiger partial charge in [-0.2, -0.15) is 11.8 Å². The Morgan fingerprint density at radius 3 is 2.71 bits per heavy atom. The van der Waals surface area contributed by atoms with Gasteiger partial charge in [0.2, 0.25) is 5.91 Å². The van der Waals surface area contributed by atoms with Gasteiger partial charge in [-0.15, -0.1) is 12.4 Å². The number of carbonyl (C=O) groups is 1. The predicted octanol–water partition coefficient (Wildman–Crippen LogP) is 1.41. The van der Waals surface area contributed by atoms with E-state index in [0.29, 0.717) is 12.3 Å². The summed E-state index contributed by atoms with van der Waals surface area (Å²) in [5, 5.41) is 2.86. The number of amides is 1. The van der Waals surface area contributed by atoms with Gasteiger partial charge < -0.3 is 11.1 Å². The third kappa shape index (κ3) is 12.1. The van der Waals surface area contributed by atoms with Crippen LogP contribution in [0.2, 0.25) is 0 Å². The van der Waals surface area contributed by atoms with Crippen LogP contribution in [0.4, 0.5) is 0 Å². The average molecular weight is 241 g/mol. The number of rotatable bonds is 8. The maximum Gasteiger partial charge on any atom is 0.229 e. The normalized spacial score (nSPS) is 9.29. The predicted molar refractivity (Wildman–Crippen MR) is 66.2 cm³/mol. The van der Waals surface area contributed by atoms with Crippen LogP contribution in [-0.2, 0) is 4.79 Å². The first kappa shape index (κ1) is 16.5. The van der Waals surface area contributed by atoms with Crippen molar-refractivity contribution in [1.29, 1.82) is 0 Å². The second-order valence-corrected chi connectivity index (χ2v) is 4.00. The standard InChI is InChI=1S/C9H20N2OS.ClH/c1-2-7-13-8-9(12)11-6-4-3-5-10;/h2-8,10H2,1H3,(H,11,12);1H. The zero-order valence-corrected chi connectivity index (χ0v) is 10.4. The summed E-state index contributed by atoms with van der Waals surface area (Å²) in [6.07, 6.45) is 3.11. The molecule has 0 aliphatic carbocycles. The van der Waals surface area contributed by atoms with Crippen LogP contribution in [0.5, 0.6) is 0 Å².